The van der Waals surface area contributed by atoms with Gasteiger partial charge >= 0.3 is 0 Å². The van der Waals surface area contributed by atoms with Gasteiger partial charge in [-0.1, -0.05) is 12.2 Å². The zero-order valence-corrected chi connectivity index (χ0v) is 14.9. The highest BCUT2D eigenvalue weighted by Crippen LogP contribution is 2.30. The van der Waals surface area contributed by atoms with Gasteiger partial charge in [0, 0.05) is 0 Å². The number of rotatable bonds is 3. The van der Waals surface area contributed by atoms with Crippen LogP contribution in [0.15, 0.2) is 36.6 Å². The van der Waals surface area contributed by atoms with Crippen LogP contribution in [-0.4, -0.2) is 70.4 Å². The summed E-state index contributed by atoms with van der Waals surface area (Å²) in [6.45, 7) is 0. The van der Waals surface area contributed by atoms with Crippen molar-refractivity contribution in [1.29, 1.82) is 0 Å². The number of aliphatic imine (C=N–C) groups is 3. The average Bonchev–Trinajstić information content (AvgIpc) is 3.04. The van der Waals surface area contributed by atoms with Crippen LogP contribution in [0.3, 0.4) is 0 Å². The number of aliphatic hydroxyl groups excluding tert-OH is 2. The summed E-state index contributed by atoms with van der Waals surface area (Å²) in [5.74, 6) is 0.362. The maximum atomic E-state index is 10.3. The lowest BCUT2D eigenvalue weighted by Gasteiger charge is -2.31. The van der Waals surface area contributed by atoms with Gasteiger partial charge in [0.2, 0.25) is 0 Å². The van der Waals surface area contributed by atoms with Gasteiger partial charge in [-0.2, -0.15) is 0 Å². The summed E-state index contributed by atoms with van der Waals surface area (Å²) in [4.78, 5) is 14.1. The third kappa shape index (κ3) is 3.26. The Morgan fingerprint density at radius 2 is 2.09 bits per heavy atom. The quantitative estimate of drug-likeness (QED) is 0.528. The molecule has 3 rings (SSSR count). The van der Waals surface area contributed by atoms with Crippen molar-refractivity contribution >= 4 is 50.4 Å². The second-order valence-corrected chi connectivity index (χ2v) is 7.98. The summed E-state index contributed by atoms with van der Waals surface area (Å²) < 4.78 is 6.53. The maximum absolute atomic E-state index is 10.3. The Bertz CT molecular complexity index is 617. The fraction of sp³-hybridized carbons (Fsp3) is 0.462. The fourth-order valence-electron chi connectivity index (χ4n) is 2.63. The van der Waals surface area contributed by atoms with E-state index in [-0.39, 0.29) is 0 Å². The third-order valence-corrected chi connectivity index (χ3v) is 4.30. The molecule has 3 heterocycles. The summed E-state index contributed by atoms with van der Waals surface area (Å²) in [6, 6.07) is -0.394. The molecule has 0 aromatic carbocycles. The largest absolute Gasteiger partial charge is 0.387 e. The van der Waals surface area contributed by atoms with Crippen molar-refractivity contribution in [2.75, 3.05) is 0 Å². The Morgan fingerprint density at radius 1 is 1.30 bits per heavy atom. The Labute approximate surface area is 149 Å². The van der Waals surface area contributed by atoms with Crippen molar-refractivity contribution in [2.24, 2.45) is 20.7 Å². The molecule has 3 aliphatic heterocycles. The molecule has 4 N–H and O–H groups in total. The molecular weight excluding hydrogens is 434 g/mol. The molecule has 0 aromatic rings. The molecule has 6 atom stereocenters. The summed E-state index contributed by atoms with van der Waals surface area (Å²) in [7, 11) is 0. The number of halogens is 2. The first kappa shape index (κ1) is 16.8. The van der Waals surface area contributed by atoms with Crippen LogP contribution in [-0.2, 0) is 4.74 Å². The number of hydrogen-bond donors (Lipinski definition) is 3. The van der Waals surface area contributed by atoms with Gasteiger partial charge in [-0.25, -0.2) is 9.98 Å². The highest BCUT2D eigenvalue weighted by molar-refractivity contribution is 9.28. The highest BCUT2D eigenvalue weighted by Gasteiger charge is 2.49. The van der Waals surface area contributed by atoms with Crippen LogP contribution >= 0.6 is 31.9 Å². The minimum atomic E-state index is -1.10. The van der Waals surface area contributed by atoms with Gasteiger partial charge in [0.05, 0.1) is 9.73 Å². The lowest BCUT2D eigenvalue weighted by Crippen LogP contribution is -2.51. The summed E-state index contributed by atoms with van der Waals surface area (Å²) in [5.41, 5.74) is 5.80. The molecule has 0 aromatic heterocycles. The molecule has 8 nitrogen and oxygen atoms in total. The van der Waals surface area contributed by atoms with Gasteiger partial charge in [-0.05, 0) is 37.9 Å². The number of allylic oxidation sites excluding steroid dienone is 2. The van der Waals surface area contributed by atoms with Gasteiger partial charge in [-0.15, -0.1) is 0 Å². The molecule has 0 bridgehead atoms. The van der Waals surface area contributed by atoms with Crippen molar-refractivity contribution in [3.8, 4) is 0 Å². The topological polar surface area (TPSA) is 116 Å². The zero-order valence-electron chi connectivity index (χ0n) is 11.8. The van der Waals surface area contributed by atoms with Gasteiger partial charge in [-0.3, -0.25) is 4.99 Å². The highest BCUT2D eigenvalue weighted by atomic mass is 79.9. The second-order valence-electron chi connectivity index (χ2n) is 5.20. The van der Waals surface area contributed by atoms with Gasteiger partial charge < -0.3 is 25.6 Å². The van der Waals surface area contributed by atoms with E-state index in [2.05, 4.69) is 46.8 Å². The average molecular weight is 449 g/mol. The van der Waals surface area contributed by atoms with Crippen LogP contribution in [0.1, 0.15) is 0 Å². The first-order chi connectivity index (χ1) is 11.0. The molecule has 0 aliphatic carbocycles. The smallest absolute Gasteiger partial charge is 0.162 e. The lowest BCUT2D eigenvalue weighted by atomic mass is 10.1. The van der Waals surface area contributed by atoms with Crippen LogP contribution < -0.4 is 5.73 Å². The van der Waals surface area contributed by atoms with Crippen molar-refractivity contribution in [3.05, 3.63) is 21.6 Å². The summed E-state index contributed by atoms with van der Waals surface area (Å²) in [6.07, 6.45) is 4.05. The number of nitrogens with zero attached hydrogens (tertiary/aromatic N) is 4. The molecule has 0 radical (unpaired) electrons. The minimum Gasteiger partial charge on any atom is -0.387 e. The van der Waals surface area contributed by atoms with Crippen molar-refractivity contribution in [3.63, 3.8) is 0 Å². The lowest BCUT2D eigenvalue weighted by molar-refractivity contribution is -0.0593. The molecule has 0 saturated carbocycles. The van der Waals surface area contributed by atoms with Crippen molar-refractivity contribution in [2.45, 2.75) is 36.7 Å². The van der Waals surface area contributed by atoms with Crippen LogP contribution in [0.2, 0.25) is 0 Å². The Kier molecular flexibility index (Phi) is 4.97. The fourth-order valence-corrected chi connectivity index (χ4v) is 2.94. The van der Waals surface area contributed by atoms with Crippen molar-refractivity contribution in [1.82, 2.24) is 4.90 Å². The number of ether oxygens (including phenoxy) is 1. The number of amidine groups is 1. The van der Waals surface area contributed by atoms with E-state index < -0.39 is 36.7 Å². The van der Waals surface area contributed by atoms with E-state index >= 15 is 0 Å². The predicted octanol–water partition coefficient (Wildman–Crippen LogP) is 0.0582. The van der Waals surface area contributed by atoms with E-state index in [0.717, 1.165) is 3.39 Å². The van der Waals surface area contributed by atoms with E-state index in [4.69, 9.17) is 10.5 Å². The Balaban J connectivity index is 1.73. The number of fused-ring (bicyclic) bond motifs is 1. The molecule has 23 heavy (non-hydrogen) atoms. The van der Waals surface area contributed by atoms with Gasteiger partial charge in [0.1, 0.15) is 36.5 Å². The molecule has 124 valence electrons. The van der Waals surface area contributed by atoms with Crippen molar-refractivity contribution < 1.29 is 14.9 Å². The summed E-state index contributed by atoms with van der Waals surface area (Å²) >= 11 is 6.46. The molecule has 1 saturated heterocycles. The second kappa shape index (κ2) is 6.81. The molecule has 10 heteroatoms. The van der Waals surface area contributed by atoms with Crippen LogP contribution in [0.25, 0.3) is 0 Å². The van der Waals surface area contributed by atoms with Gasteiger partial charge in [0.15, 0.2) is 12.4 Å². The number of aliphatic hydroxyl groups is 2. The molecule has 2 unspecified atom stereocenters. The van der Waals surface area contributed by atoms with Gasteiger partial charge in [0.25, 0.3) is 0 Å². The predicted molar refractivity (Wildman–Crippen MR) is 93.8 cm³/mol. The molecule has 1 fully saturated rings. The molecular formula is C13H15Br2N5O3. The Hall–Kier alpha value is -1.07. The number of nitrogens with two attached hydrogens (primary N) is 1. The molecule has 0 spiro atoms. The number of hydrogen-bond acceptors (Lipinski definition) is 8. The van der Waals surface area contributed by atoms with E-state index in [1.807, 2.05) is 0 Å². The standard InChI is InChI=1S/C13H15Br2N5O3/c14-7(15)3-1-2-6-9(21)10(22)13(23-6)20-5-19-8-11(16)17-4-18-12(8)20/h1-6,8-10,12-13,21-22H,(H2,16,17,18)/b2-1+/t6-,8?,9-,10-,12?,13-/m1/s1. The molecule has 3 aliphatic rings. The maximum Gasteiger partial charge on any atom is 0.162 e. The SMILES string of the molecule is NC1=NC=NC2C1N=CN2[C@@H]1O[C@H](/C=C/C=C(Br)Br)[C@@H](O)[C@H]1O. The van der Waals surface area contributed by atoms with E-state index in [9.17, 15) is 10.2 Å². The monoisotopic (exact) mass is 447 g/mol. The molecule has 0 amide bonds. The third-order valence-electron chi connectivity index (χ3n) is 3.77. The zero-order chi connectivity index (χ0) is 16.6. The first-order valence-electron chi connectivity index (χ1n) is 6.85. The summed E-state index contributed by atoms with van der Waals surface area (Å²) in [5, 5.41) is 20.5. The van der Waals surface area contributed by atoms with E-state index in [0.29, 0.717) is 5.84 Å². The van der Waals surface area contributed by atoms with E-state index in [1.54, 1.807) is 23.1 Å². The van der Waals surface area contributed by atoms with E-state index in [1.165, 1.54) is 12.7 Å². The van der Waals surface area contributed by atoms with Crippen LogP contribution in [0.4, 0.5) is 0 Å². The van der Waals surface area contributed by atoms with Crippen LogP contribution in [0.5, 0.6) is 0 Å². The normalized spacial score (nSPS) is 39.0. The Morgan fingerprint density at radius 3 is 2.83 bits per heavy atom. The minimum absolute atomic E-state index is 0.362. The van der Waals surface area contributed by atoms with Crippen LogP contribution in [0, 0.1) is 0 Å². The first-order valence-corrected chi connectivity index (χ1v) is 8.44.